The number of rotatable bonds is 6. The Kier molecular flexibility index (Phi) is 6.95. The Hall–Kier alpha value is -1.55. The molecular weight excluding hydrogens is 326 g/mol. The van der Waals surface area contributed by atoms with E-state index in [-0.39, 0.29) is 11.9 Å². The molecule has 2 N–H and O–H groups in total. The summed E-state index contributed by atoms with van der Waals surface area (Å²) in [5.74, 6) is 8.87. The lowest BCUT2D eigenvalue weighted by Crippen LogP contribution is -2.30. The van der Waals surface area contributed by atoms with Crippen LogP contribution in [0.5, 0.6) is 11.5 Å². The zero-order valence-corrected chi connectivity index (χ0v) is 16.0. The lowest BCUT2D eigenvalue weighted by molar-refractivity contribution is -0.140. The fraction of sp³-hybridized carbons (Fsp3) is 0.682. The first kappa shape index (κ1) is 19.2. The molecule has 2 aliphatic rings. The SMILES string of the molecule is CCCC1CCC(C2CCC(C(=O)Oc3ccc(ON)cc3)CC2)CC1. The third-order valence-electron chi connectivity index (χ3n) is 6.54. The van der Waals surface area contributed by atoms with E-state index in [1.54, 1.807) is 24.3 Å². The molecule has 0 radical (unpaired) electrons. The molecular formula is C22H33NO3. The Balaban J connectivity index is 1.42. The Morgan fingerprint density at radius 3 is 2.00 bits per heavy atom. The van der Waals surface area contributed by atoms with Gasteiger partial charge in [-0.3, -0.25) is 4.79 Å². The van der Waals surface area contributed by atoms with Gasteiger partial charge in [-0.2, -0.15) is 5.90 Å². The zero-order valence-electron chi connectivity index (χ0n) is 16.0. The summed E-state index contributed by atoms with van der Waals surface area (Å²) in [6, 6.07) is 6.85. The number of esters is 1. The number of hydrogen-bond acceptors (Lipinski definition) is 4. The van der Waals surface area contributed by atoms with Gasteiger partial charge >= 0.3 is 5.97 Å². The highest BCUT2D eigenvalue weighted by Gasteiger charge is 2.33. The molecule has 0 saturated heterocycles. The molecule has 0 unspecified atom stereocenters. The number of hydrogen-bond donors (Lipinski definition) is 1. The monoisotopic (exact) mass is 359 g/mol. The van der Waals surface area contributed by atoms with Gasteiger partial charge < -0.3 is 9.57 Å². The van der Waals surface area contributed by atoms with Crippen molar-refractivity contribution in [1.82, 2.24) is 0 Å². The van der Waals surface area contributed by atoms with Gasteiger partial charge in [0.15, 0.2) is 0 Å². The summed E-state index contributed by atoms with van der Waals surface area (Å²) in [5, 5.41) is 0. The third kappa shape index (κ3) is 5.00. The summed E-state index contributed by atoms with van der Waals surface area (Å²) in [6.45, 7) is 2.30. The van der Waals surface area contributed by atoms with Crippen molar-refractivity contribution in [1.29, 1.82) is 0 Å². The van der Waals surface area contributed by atoms with Gasteiger partial charge in [0.1, 0.15) is 11.5 Å². The molecule has 2 aliphatic carbocycles. The molecule has 0 bridgehead atoms. The highest BCUT2D eigenvalue weighted by molar-refractivity contribution is 5.75. The first-order valence-electron chi connectivity index (χ1n) is 10.4. The summed E-state index contributed by atoms with van der Waals surface area (Å²) in [6.07, 6.45) is 12.7. The molecule has 0 heterocycles. The molecule has 4 heteroatoms. The number of carbonyl (C=O) groups excluding carboxylic acids is 1. The summed E-state index contributed by atoms with van der Waals surface area (Å²) in [7, 11) is 0. The smallest absolute Gasteiger partial charge is 0.314 e. The van der Waals surface area contributed by atoms with Crippen LogP contribution in [-0.4, -0.2) is 5.97 Å². The molecule has 144 valence electrons. The molecule has 2 saturated carbocycles. The van der Waals surface area contributed by atoms with Crippen molar-refractivity contribution in [3.8, 4) is 11.5 Å². The van der Waals surface area contributed by atoms with Crippen molar-refractivity contribution >= 4 is 5.97 Å². The first-order chi connectivity index (χ1) is 12.7. The number of benzene rings is 1. The molecule has 0 spiro atoms. The fourth-order valence-corrected chi connectivity index (χ4v) is 4.97. The minimum Gasteiger partial charge on any atom is -0.426 e. The maximum Gasteiger partial charge on any atom is 0.314 e. The number of ether oxygens (including phenoxy) is 1. The third-order valence-corrected chi connectivity index (χ3v) is 6.54. The number of carbonyl (C=O) groups is 1. The van der Waals surface area contributed by atoms with Crippen LogP contribution < -0.4 is 15.5 Å². The standard InChI is InChI=1S/C22H33NO3/c1-2-3-16-4-6-17(7-5-16)18-8-10-19(11-9-18)22(24)25-20-12-14-21(26-23)15-13-20/h12-19H,2-11,23H2,1H3. The average Bonchev–Trinajstić information content (AvgIpc) is 2.69. The van der Waals surface area contributed by atoms with E-state index in [1.165, 1.54) is 51.4 Å². The van der Waals surface area contributed by atoms with Gasteiger partial charge in [-0.05, 0) is 80.5 Å². The van der Waals surface area contributed by atoms with E-state index >= 15 is 0 Å². The largest absolute Gasteiger partial charge is 0.426 e. The highest BCUT2D eigenvalue weighted by Crippen LogP contribution is 2.42. The molecule has 1 aromatic rings. The molecule has 0 aromatic heterocycles. The predicted octanol–water partition coefficient (Wildman–Crippen LogP) is 5.26. The van der Waals surface area contributed by atoms with E-state index in [4.69, 9.17) is 10.6 Å². The van der Waals surface area contributed by atoms with Gasteiger partial charge in [0.05, 0.1) is 5.92 Å². The lowest BCUT2D eigenvalue weighted by Gasteiger charge is -2.37. The summed E-state index contributed by atoms with van der Waals surface area (Å²) >= 11 is 0. The zero-order chi connectivity index (χ0) is 18.4. The lowest BCUT2D eigenvalue weighted by atomic mass is 9.69. The van der Waals surface area contributed by atoms with E-state index in [0.717, 1.165) is 30.6 Å². The minimum atomic E-state index is -0.0866. The molecule has 0 atom stereocenters. The van der Waals surface area contributed by atoms with Gasteiger partial charge in [-0.15, -0.1) is 0 Å². The molecule has 2 fully saturated rings. The normalized spacial score (nSPS) is 29.2. The van der Waals surface area contributed by atoms with Crippen molar-refractivity contribution in [3.63, 3.8) is 0 Å². The predicted molar refractivity (Wildman–Crippen MR) is 103 cm³/mol. The molecule has 0 aliphatic heterocycles. The summed E-state index contributed by atoms with van der Waals surface area (Å²) in [4.78, 5) is 17.1. The molecule has 3 rings (SSSR count). The Bertz CT molecular complexity index is 555. The second-order valence-electron chi connectivity index (χ2n) is 8.19. The average molecular weight is 360 g/mol. The van der Waals surface area contributed by atoms with Crippen molar-refractivity contribution in [2.75, 3.05) is 0 Å². The molecule has 26 heavy (non-hydrogen) atoms. The van der Waals surface area contributed by atoms with Gasteiger partial charge in [-0.25, -0.2) is 0 Å². The van der Waals surface area contributed by atoms with Gasteiger partial charge in [0, 0.05) is 0 Å². The van der Waals surface area contributed by atoms with E-state index in [2.05, 4.69) is 11.8 Å². The second-order valence-corrected chi connectivity index (χ2v) is 8.19. The topological polar surface area (TPSA) is 61.5 Å². The van der Waals surface area contributed by atoms with Crippen LogP contribution in [0.25, 0.3) is 0 Å². The van der Waals surface area contributed by atoms with Crippen LogP contribution in [0, 0.1) is 23.7 Å². The van der Waals surface area contributed by atoms with Gasteiger partial charge in [0.2, 0.25) is 0 Å². The van der Waals surface area contributed by atoms with Crippen molar-refractivity contribution in [2.45, 2.75) is 71.1 Å². The first-order valence-corrected chi connectivity index (χ1v) is 10.4. The maximum absolute atomic E-state index is 12.4. The number of nitrogens with two attached hydrogens (primary N) is 1. The molecule has 4 nitrogen and oxygen atoms in total. The van der Waals surface area contributed by atoms with Crippen LogP contribution >= 0.6 is 0 Å². The highest BCUT2D eigenvalue weighted by atomic mass is 16.6. The van der Waals surface area contributed by atoms with Crippen LogP contribution in [0.2, 0.25) is 0 Å². The quantitative estimate of drug-likeness (QED) is 0.428. The van der Waals surface area contributed by atoms with Gasteiger partial charge in [-0.1, -0.05) is 32.6 Å². The van der Waals surface area contributed by atoms with Crippen LogP contribution in [-0.2, 0) is 4.79 Å². The van der Waals surface area contributed by atoms with E-state index in [1.807, 2.05) is 0 Å². The van der Waals surface area contributed by atoms with Crippen LogP contribution in [0.15, 0.2) is 24.3 Å². The van der Waals surface area contributed by atoms with Crippen LogP contribution in [0.3, 0.4) is 0 Å². The molecule has 0 amide bonds. The minimum absolute atomic E-state index is 0.0492. The Morgan fingerprint density at radius 1 is 0.923 bits per heavy atom. The Morgan fingerprint density at radius 2 is 1.46 bits per heavy atom. The van der Waals surface area contributed by atoms with E-state index in [9.17, 15) is 4.79 Å². The van der Waals surface area contributed by atoms with Crippen LogP contribution in [0.1, 0.15) is 71.1 Å². The van der Waals surface area contributed by atoms with E-state index < -0.39 is 0 Å². The fourth-order valence-electron chi connectivity index (χ4n) is 4.97. The Labute approximate surface area is 157 Å². The maximum atomic E-state index is 12.4. The van der Waals surface area contributed by atoms with Crippen molar-refractivity contribution < 1.29 is 14.4 Å². The second kappa shape index (κ2) is 9.40. The van der Waals surface area contributed by atoms with E-state index in [0.29, 0.717) is 11.5 Å². The van der Waals surface area contributed by atoms with Gasteiger partial charge in [0.25, 0.3) is 0 Å². The van der Waals surface area contributed by atoms with Crippen LogP contribution in [0.4, 0.5) is 0 Å². The summed E-state index contributed by atoms with van der Waals surface area (Å²) < 4.78 is 5.54. The molecule has 1 aromatic carbocycles. The van der Waals surface area contributed by atoms with Crippen molar-refractivity contribution in [3.05, 3.63) is 24.3 Å². The van der Waals surface area contributed by atoms with Crippen molar-refractivity contribution in [2.24, 2.45) is 29.6 Å². The summed E-state index contributed by atoms with van der Waals surface area (Å²) in [5.41, 5.74) is 0.